The molecular weight excluding hydrogens is 474 g/mol. The molecule has 0 aromatic heterocycles. The molecule has 36 heavy (non-hydrogen) atoms. The van der Waals surface area contributed by atoms with Crippen LogP contribution in [0.15, 0.2) is 64.2 Å². The maximum Gasteiger partial charge on any atom is 0.283 e. The number of hydrogen-bond donors (Lipinski definition) is 1. The predicted molar refractivity (Wildman–Crippen MR) is 142 cm³/mol. The maximum atomic E-state index is 12.7. The number of rotatable bonds is 6. The van der Waals surface area contributed by atoms with Gasteiger partial charge in [0.25, 0.3) is 5.91 Å². The molecule has 3 aliphatic heterocycles. The number of hydrogen-bond acceptors (Lipinski definition) is 6. The van der Waals surface area contributed by atoms with Crippen LogP contribution in [0.2, 0.25) is 0 Å². The average Bonchev–Trinajstić information content (AvgIpc) is 3.29. The molecule has 0 bridgehead atoms. The summed E-state index contributed by atoms with van der Waals surface area (Å²) in [5, 5.41) is 15.2. The lowest BCUT2D eigenvalue weighted by Gasteiger charge is -2.26. The minimum Gasteiger partial charge on any atom is -0.489 e. The summed E-state index contributed by atoms with van der Waals surface area (Å²) in [7, 11) is 0. The fourth-order valence-electron chi connectivity index (χ4n) is 4.25. The normalized spacial score (nSPS) is 18.8. The zero-order chi connectivity index (χ0) is 25.1. The molecule has 9 heteroatoms. The molecule has 5 rings (SSSR count). The van der Waals surface area contributed by atoms with Gasteiger partial charge < -0.3 is 9.64 Å². The molecule has 2 aromatic carbocycles. The Bertz CT molecular complexity index is 1290. The van der Waals surface area contributed by atoms with Gasteiger partial charge in [0.05, 0.1) is 12.0 Å². The summed E-state index contributed by atoms with van der Waals surface area (Å²) in [5.41, 5.74) is 3.20. The lowest BCUT2D eigenvalue weighted by atomic mass is 10.1. The van der Waals surface area contributed by atoms with Gasteiger partial charge in [-0.05, 0) is 72.8 Å². The predicted octanol–water partition coefficient (Wildman–Crippen LogP) is 4.60. The first kappa shape index (κ1) is 24.0. The van der Waals surface area contributed by atoms with Gasteiger partial charge in [-0.3, -0.25) is 15.0 Å². The Hall–Kier alpha value is -3.72. The monoisotopic (exact) mass is 501 g/mol. The highest BCUT2D eigenvalue weighted by Crippen LogP contribution is 2.30. The van der Waals surface area contributed by atoms with Gasteiger partial charge in [-0.25, -0.2) is 0 Å². The number of hydrazone groups is 1. The number of amides is 2. The minimum absolute atomic E-state index is 0.0275. The Morgan fingerprint density at radius 2 is 1.86 bits per heavy atom. The number of nitrogens with zero attached hydrogens (tertiary/aromatic N) is 4. The van der Waals surface area contributed by atoms with Crippen LogP contribution in [0.3, 0.4) is 0 Å². The van der Waals surface area contributed by atoms with Gasteiger partial charge in [-0.15, -0.1) is 0 Å². The van der Waals surface area contributed by atoms with E-state index in [1.165, 1.54) is 22.3 Å². The number of benzene rings is 2. The Balaban J connectivity index is 1.25. The lowest BCUT2D eigenvalue weighted by Crippen LogP contribution is -2.36. The first-order valence-corrected chi connectivity index (χ1v) is 12.8. The number of carbonyl (C=O) groups excluding carboxylic acids is 2. The van der Waals surface area contributed by atoms with E-state index in [9.17, 15) is 9.59 Å². The molecule has 2 aromatic rings. The number of likely N-dealkylation sites (tertiary alicyclic amines) is 1. The summed E-state index contributed by atoms with van der Waals surface area (Å²) in [4.78, 5) is 31.3. The standard InChI is InChI=1S/C27H27N5O3S/c1-18-7-3-4-8-20(18)17-35-21-11-9-19(10-12-21)15-22-25(28)32-27(29-26(22)34)36-23(30-32)16-24(33)31-13-5-2-6-14-31/h3-4,7-12,15,28H,2,5-6,13-14,16-17H2,1H3/b22-15-,28-25?. The van der Waals surface area contributed by atoms with Crippen LogP contribution in [0.5, 0.6) is 5.75 Å². The Labute approximate surface area is 214 Å². The first-order chi connectivity index (χ1) is 17.5. The molecule has 184 valence electrons. The van der Waals surface area contributed by atoms with Gasteiger partial charge in [-0.1, -0.05) is 36.4 Å². The number of thioether (sulfide) groups is 1. The molecule has 3 aliphatic rings. The number of carbonyl (C=O) groups is 2. The van der Waals surface area contributed by atoms with E-state index in [0.29, 0.717) is 22.6 Å². The second-order valence-corrected chi connectivity index (χ2v) is 9.96. The van der Waals surface area contributed by atoms with E-state index in [4.69, 9.17) is 10.1 Å². The van der Waals surface area contributed by atoms with Crippen molar-refractivity contribution in [2.24, 2.45) is 10.1 Å². The third-order valence-electron chi connectivity index (χ3n) is 6.35. The van der Waals surface area contributed by atoms with Gasteiger partial charge in [0.2, 0.25) is 11.1 Å². The van der Waals surface area contributed by atoms with Crippen LogP contribution < -0.4 is 4.74 Å². The zero-order valence-corrected chi connectivity index (χ0v) is 20.9. The van der Waals surface area contributed by atoms with Crippen LogP contribution in [0.1, 0.15) is 42.4 Å². The summed E-state index contributed by atoms with van der Waals surface area (Å²) >= 11 is 1.18. The third kappa shape index (κ3) is 5.26. The number of aliphatic imine (C=N–C) groups is 1. The van der Waals surface area contributed by atoms with Crippen molar-refractivity contribution in [3.63, 3.8) is 0 Å². The molecule has 1 N–H and O–H groups in total. The number of aryl methyl sites for hydroxylation is 1. The third-order valence-corrected chi connectivity index (χ3v) is 7.26. The van der Waals surface area contributed by atoms with Gasteiger partial charge in [0, 0.05) is 13.1 Å². The van der Waals surface area contributed by atoms with Gasteiger partial charge in [0.1, 0.15) is 17.4 Å². The van der Waals surface area contributed by atoms with Crippen molar-refractivity contribution in [3.8, 4) is 5.75 Å². The van der Waals surface area contributed by atoms with Crippen molar-refractivity contribution < 1.29 is 14.3 Å². The van der Waals surface area contributed by atoms with Crippen LogP contribution >= 0.6 is 11.8 Å². The molecule has 1 fully saturated rings. The van der Waals surface area contributed by atoms with E-state index in [0.717, 1.165) is 43.5 Å². The molecule has 0 radical (unpaired) electrons. The van der Waals surface area contributed by atoms with Crippen molar-refractivity contribution in [1.29, 1.82) is 5.41 Å². The van der Waals surface area contributed by atoms with Crippen molar-refractivity contribution >= 4 is 45.7 Å². The molecule has 8 nitrogen and oxygen atoms in total. The summed E-state index contributed by atoms with van der Waals surface area (Å²) < 4.78 is 5.89. The topological polar surface area (TPSA) is 98.4 Å². The molecule has 3 heterocycles. The Morgan fingerprint density at radius 1 is 1.11 bits per heavy atom. The van der Waals surface area contributed by atoms with Crippen molar-refractivity contribution in [2.75, 3.05) is 13.1 Å². The fourth-order valence-corrected chi connectivity index (χ4v) is 5.12. The largest absolute Gasteiger partial charge is 0.489 e. The smallest absolute Gasteiger partial charge is 0.283 e. The highest BCUT2D eigenvalue weighted by molar-refractivity contribution is 8.27. The molecule has 2 amide bonds. The minimum atomic E-state index is -0.488. The summed E-state index contributed by atoms with van der Waals surface area (Å²) in [6.45, 7) is 4.08. The van der Waals surface area contributed by atoms with Gasteiger partial charge in [-0.2, -0.15) is 15.1 Å². The number of ether oxygens (including phenoxy) is 1. The second kappa shape index (κ2) is 10.5. The SMILES string of the molecule is Cc1ccccc1COc1ccc(/C=C2/C(=N)N3N=C(CC(=O)N4CCCCC4)SC3=NC2=O)cc1. The Morgan fingerprint density at radius 3 is 2.61 bits per heavy atom. The summed E-state index contributed by atoms with van der Waals surface area (Å²) in [6.07, 6.45) is 4.99. The lowest BCUT2D eigenvalue weighted by molar-refractivity contribution is -0.130. The van der Waals surface area contributed by atoms with Crippen molar-refractivity contribution in [3.05, 3.63) is 70.8 Å². The van der Waals surface area contributed by atoms with E-state index < -0.39 is 5.91 Å². The van der Waals surface area contributed by atoms with Crippen LogP contribution in [-0.4, -0.2) is 50.9 Å². The molecular formula is C27H27N5O3S. The second-order valence-electron chi connectivity index (χ2n) is 8.92. The maximum absolute atomic E-state index is 12.7. The molecule has 0 unspecified atom stereocenters. The quantitative estimate of drug-likeness (QED) is 0.584. The van der Waals surface area contributed by atoms with Crippen LogP contribution in [0.25, 0.3) is 6.08 Å². The van der Waals surface area contributed by atoms with E-state index in [1.807, 2.05) is 47.4 Å². The van der Waals surface area contributed by atoms with Crippen molar-refractivity contribution in [1.82, 2.24) is 9.91 Å². The van der Waals surface area contributed by atoms with E-state index in [-0.39, 0.29) is 23.7 Å². The number of amidine groups is 2. The molecule has 0 spiro atoms. The molecule has 0 atom stereocenters. The van der Waals surface area contributed by atoms with Crippen LogP contribution in [-0.2, 0) is 16.2 Å². The molecule has 0 saturated carbocycles. The first-order valence-electron chi connectivity index (χ1n) is 12.0. The van der Waals surface area contributed by atoms with E-state index >= 15 is 0 Å². The fraction of sp³-hybridized carbons (Fsp3) is 0.296. The molecule has 0 aliphatic carbocycles. The van der Waals surface area contributed by atoms with E-state index in [2.05, 4.69) is 23.1 Å². The molecule has 1 saturated heterocycles. The van der Waals surface area contributed by atoms with E-state index in [1.54, 1.807) is 6.08 Å². The average molecular weight is 502 g/mol. The summed E-state index contributed by atoms with van der Waals surface area (Å²) in [5.74, 6) is 0.212. The number of fused-ring (bicyclic) bond motifs is 1. The Kier molecular flexibility index (Phi) is 6.99. The highest BCUT2D eigenvalue weighted by atomic mass is 32.2. The van der Waals surface area contributed by atoms with Crippen molar-refractivity contribution in [2.45, 2.75) is 39.2 Å². The number of nitrogens with one attached hydrogen (secondary N) is 1. The van der Waals surface area contributed by atoms with Gasteiger partial charge in [0.15, 0.2) is 5.84 Å². The van der Waals surface area contributed by atoms with Gasteiger partial charge >= 0.3 is 0 Å². The highest BCUT2D eigenvalue weighted by Gasteiger charge is 2.36. The summed E-state index contributed by atoms with van der Waals surface area (Å²) in [6, 6.07) is 15.4. The number of piperidine rings is 1. The van der Waals surface area contributed by atoms with Crippen LogP contribution in [0.4, 0.5) is 0 Å². The zero-order valence-electron chi connectivity index (χ0n) is 20.1. The van der Waals surface area contributed by atoms with Crippen LogP contribution in [0, 0.1) is 12.3 Å².